The molecule has 0 heterocycles. The van der Waals surface area contributed by atoms with Crippen molar-refractivity contribution in [1.29, 1.82) is 0 Å². The molecule has 0 aliphatic carbocycles. The minimum Gasteiger partial charge on any atom is -0.202 e. The summed E-state index contributed by atoms with van der Waals surface area (Å²) in [5, 5.41) is 0. The Morgan fingerprint density at radius 3 is 1.25 bits per heavy atom. The summed E-state index contributed by atoms with van der Waals surface area (Å²) in [6.45, 7) is 4.67. The molecule has 0 aliphatic heterocycles. The smallest absolute Gasteiger partial charge is 0.0146 e. The van der Waals surface area contributed by atoms with Crippen LogP contribution < -0.4 is 0 Å². The molecule has 0 aromatic carbocycles. The summed E-state index contributed by atoms with van der Waals surface area (Å²) in [7, 11) is 0. The first kappa shape index (κ1) is 13.0. The van der Waals surface area contributed by atoms with E-state index in [1.807, 2.05) is 0 Å². The molecule has 0 atom stereocenters. The molecule has 0 unspecified atom stereocenters. The topological polar surface area (TPSA) is 3.24 Å². The summed E-state index contributed by atoms with van der Waals surface area (Å²) in [6, 6.07) is 0. The molecule has 0 bridgehead atoms. The Labute approximate surface area is 86.7 Å². The van der Waals surface area contributed by atoms with E-state index in [1.54, 1.807) is 0 Å². The first-order valence-corrected chi connectivity index (χ1v) is 10.5. The predicted molar refractivity (Wildman–Crippen MR) is 73.6 cm³/mol. The number of rotatable bonds is 5. The van der Waals surface area contributed by atoms with Crippen molar-refractivity contribution >= 4 is 33.2 Å². The Hall–Kier alpha value is 1.01. The molecule has 0 fully saturated rings. The van der Waals surface area contributed by atoms with Crippen LogP contribution in [0, 0.1) is 0 Å². The van der Waals surface area contributed by atoms with Gasteiger partial charge in [0.15, 0.2) is 0 Å². The van der Waals surface area contributed by atoms with Crippen LogP contribution in [0.5, 0.6) is 0 Å². The molecule has 0 spiro atoms. The van der Waals surface area contributed by atoms with Gasteiger partial charge in [0, 0.05) is 0 Å². The fourth-order valence-electron chi connectivity index (χ4n) is 1.34. The highest BCUT2D eigenvalue weighted by atomic mass is 32.3. The number of hydrogen-bond donors (Lipinski definition) is 3. The van der Waals surface area contributed by atoms with E-state index >= 15 is 0 Å². The average Bonchev–Trinajstić information content (AvgIpc) is 1.98. The van der Waals surface area contributed by atoms with Gasteiger partial charge in [0.25, 0.3) is 0 Å². The summed E-state index contributed by atoms with van der Waals surface area (Å²) in [6.07, 6.45) is 9.55. The minimum absolute atomic E-state index is 0.137. The van der Waals surface area contributed by atoms with Gasteiger partial charge in [0.2, 0.25) is 0 Å². The Balaban J connectivity index is 4.26. The zero-order valence-electron chi connectivity index (χ0n) is 9.20. The molecule has 80 valence electrons. The lowest BCUT2D eigenvalue weighted by molar-refractivity contribution is 1.19. The van der Waals surface area contributed by atoms with E-state index in [1.165, 1.54) is 11.5 Å². The minimum atomic E-state index is 0.137. The van der Waals surface area contributed by atoms with E-state index in [2.05, 4.69) is 42.0 Å². The summed E-state index contributed by atoms with van der Waals surface area (Å²) in [5.41, 5.74) is 0. The average molecular weight is 231 g/mol. The quantitative estimate of drug-likeness (QED) is 0.613. The molecule has 0 saturated carbocycles. The van der Waals surface area contributed by atoms with Gasteiger partial charge in [-0.3, -0.25) is 0 Å². The second-order valence-electron chi connectivity index (χ2n) is 3.10. The molecular weight excluding hydrogens is 206 g/mol. The maximum Gasteiger partial charge on any atom is -0.0146 e. The lowest BCUT2D eigenvalue weighted by Crippen LogP contribution is -2.14. The van der Waals surface area contributed by atoms with Crippen LogP contribution in [0.1, 0.15) is 13.8 Å². The SMILES string of the molecule is CC[SH](CC)N([SH](C)C)[SH](C)C. The number of thiol groups is 3. The third-order valence-electron chi connectivity index (χ3n) is 1.70. The van der Waals surface area contributed by atoms with Crippen LogP contribution in [0.15, 0.2) is 0 Å². The highest BCUT2D eigenvalue weighted by molar-refractivity contribution is 8.41. The van der Waals surface area contributed by atoms with Crippen LogP contribution in [-0.4, -0.2) is 39.6 Å². The summed E-state index contributed by atoms with van der Waals surface area (Å²) in [5.74, 6) is 2.74. The van der Waals surface area contributed by atoms with Crippen LogP contribution in [0.2, 0.25) is 0 Å². The first-order chi connectivity index (χ1) is 5.54. The maximum absolute atomic E-state index is 2.81. The van der Waals surface area contributed by atoms with Crippen molar-refractivity contribution in [1.82, 2.24) is 3.12 Å². The van der Waals surface area contributed by atoms with Crippen LogP contribution in [0.4, 0.5) is 0 Å². The molecule has 12 heavy (non-hydrogen) atoms. The van der Waals surface area contributed by atoms with Crippen molar-refractivity contribution in [3.05, 3.63) is 0 Å². The number of nitrogens with zero attached hydrogens (tertiary/aromatic N) is 1. The summed E-state index contributed by atoms with van der Waals surface area (Å²) < 4.78 is 2.81. The second kappa shape index (κ2) is 6.46. The van der Waals surface area contributed by atoms with Crippen molar-refractivity contribution in [2.24, 2.45) is 0 Å². The molecule has 0 N–H and O–H groups in total. The van der Waals surface area contributed by atoms with Gasteiger partial charge in [-0.1, -0.05) is 13.8 Å². The van der Waals surface area contributed by atoms with E-state index in [4.69, 9.17) is 0 Å². The molecule has 0 aromatic heterocycles. The largest absolute Gasteiger partial charge is 0.202 e. The zero-order chi connectivity index (χ0) is 9.72. The Morgan fingerprint density at radius 2 is 1.17 bits per heavy atom. The van der Waals surface area contributed by atoms with E-state index in [9.17, 15) is 0 Å². The van der Waals surface area contributed by atoms with Crippen molar-refractivity contribution < 1.29 is 0 Å². The van der Waals surface area contributed by atoms with Crippen molar-refractivity contribution in [2.75, 3.05) is 36.5 Å². The predicted octanol–water partition coefficient (Wildman–Crippen LogP) is 2.60. The molecule has 0 aromatic rings. The molecule has 0 aliphatic rings. The number of hydrogen-bond acceptors (Lipinski definition) is 1. The monoisotopic (exact) mass is 231 g/mol. The Bertz CT molecular complexity index is 105. The molecule has 0 rings (SSSR count). The summed E-state index contributed by atoms with van der Waals surface area (Å²) >= 11 is 0.466. The normalized spacial score (nSPS) is 14.8. The van der Waals surface area contributed by atoms with Crippen LogP contribution in [0.3, 0.4) is 0 Å². The Morgan fingerprint density at radius 1 is 0.833 bits per heavy atom. The molecule has 0 amide bonds. The fraction of sp³-hybridized carbons (Fsp3) is 1.00. The summed E-state index contributed by atoms with van der Waals surface area (Å²) in [4.78, 5) is 0. The lowest BCUT2D eigenvalue weighted by atomic mass is 11.0. The van der Waals surface area contributed by atoms with E-state index in [0.29, 0.717) is 0 Å². The van der Waals surface area contributed by atoms with Crippen LogP contribution in [0.25, 0.3) is 0 Å². The van der Waals surface area contributed by atoms with Crippen molar-refractivity contribution in [3.8, 4) is 0 Å². The van der Waals surface area contributed by atoms with Gasteiger partial charge >= 0.3 is 0 Å². The van der Waals surface area contributed by atoms with Gasteiger partial charge in [-0.15, -0.1) is 0 Å². The maximum atomic E-state index is 2.81. The van der Waals surface area contributed by atoms with E-state index in [0.717, 1.165) is 0 Å². The molecule has 0 saturated heterocycles. The van der Waals surface area contributed by atoms with Gasteiger partial charge in [0.05, 0.1) is 0 Å². The van der Waals surface area contributed by atoms with E-state index < -0.39 is 0 Å². The first-order valence-electron chi connectivity index (χ1n) is 4.44. The highest BCUT2D eigenvalue weighted by Crippen LogP contribution is 2.51. The lowest BCUT2D eigenvalue weighted by Gasteiger charge is -2.43. The van der Waals surface area contributed by atoms with Crippen LogP contribution in [-0.2, 0) is 0 Å². The Kier molecular flexibility index (Phi) is 7.01. The van der Waals surface area contributed by atoms with Gasteiger partial charge < -0.3 is 0 Å². The molecule has 4 heteroatoms. The van der Waals surface area contributed by atoms with Crippen molar-refractivity contribution in [3.63, 3.8) is 0 Å². The standard InChI is InChI=1S/C8H25NS3/c1-7-12(8-2)9(10(3)4)11(5)6/h10-12H,7-8H2,1-6H3. The van der Waals surface area contributed by atoms with Crippen LogP contribution >= 0.6 is 33.2 Å². The molecule has 0 radical (unpaired) electrons. The highest BCUT2D eigenvalue weighted by Gasteiger charge is 2.14. The fourth-order valence-corrected chi connectivity index (χ4v) is 10.7. The van der Waals surface area contributed by atoms with Gasteiger partial charge in [-0.2, -0.15) is 33.2 Å². The van der Waals surface area contributed by atoms with Gasteiger partial charge in [-0.05, 0) is 36.5 Å². The van der Waals surface area contributed by atoms with Gasteiger partial charge in [0.1, 0.15) is 0 Å². The van der Waals surface area contributed by atoms with Crippen molar-refractivity contribution in [2.45, 2.75) is 13.8 Å². The third-order valence-corrected chi connectivity index (χ3v) is 10.9. The molecular formula is C8H25NS3. The third kappa shape index (κ3) is 3.81. The van der Waals surface area contributed by atoms with Gasteiger partial charge in [-0.25, -0.2) is 3.12 Å². The van der Waals surface area contributed by atoms with E-state index in [-0.39, 0.29) is 33.2 Å². The molecule has 1 nitrogen and oxygen atoms in total. The zero-order valence-corrected chi connectivity index (χ0v) is 11.9. The second-order valence-corrected chi connectivity index (χ2v) is 10.9.